The number of nitrogens with zero attached hydrogens (tertiary/aromatic N) is 1. The van der Waals surface area contributed by atoms with E-state index in [2.05, 4.69) is 10.6 Å². The van der Waals surface area contributed by atoms with E-state index in [4.69, 9.17) is 11.6 Å². The molecule has 0 spiro atoms. The zero-order valence-corrected chi connectivity index (χ0v) is 13.8. The van der Waals surface area contributed by atoms with Gasteiger partial charge in [-0.15, -0.1) is 0 Å². The molecule has 1 amide bonds. The monoisotopic (exact) mass is 355 g/mol. The minimum absolute atomic E-state index is 0.0258. The third-order valence-corrected chi connectivity index (χ3v) is 3.98. The number of halogens is 1. The summed E-state index contributed by atoms with van der Waals surface area (Å²) in [6.07, 6.45) is 0. The fraction of sp³-hybridized carbons (Fsp3) is 0.0556. The van der Waals surface area contributed by atoms with Crippen molar-refractivity contribution in [1.29, 1.82) is 0 Å². The number of nitrogens with one attached hydrogen (secondary N) is 2. The molecule has 0 radical (unpaired) electrons. The Hall–Kier alpha value is -3.12. The number of rotatable bonds is 5. The van der Waals surface area contributed by atoms with E-state index in [-0.39, 0.29) is 23.2 Å². The van der Waals surface area contributed by atoms with Gasteiger partial charge in [-0.2, -0.15) is 0 Å². The first-order chi connectivity index (χ1) is 12.0. The molecule has 6 nitrogen and oxygen atoms in total. The van der Waals surface area contributed by atoms with E-state index in [9.17, 15) is 14.9 Å². The highest BCUT2D eigenvalue weighted by atomic mass is 35.5. The quantitative estimate of drug-likeness (QED) is 0.523. The van der Waals surface area contributed by atoms with Crippen molar-refractivity contribution in [3.8, 4) is 0 Å². The van der Waals surface area contributed by atoms with Crippen LogP contribution in [0, 0.1) is 10.1 Å². The lowest BCUT2D eigenvalue weighted by Crippen LogP contribution is -2.21. The van der Waals surface area contributed by atoms with E-state index >= 15 is 0 Å². The van der Waals surface area contributed by atoms with Crippen LogP contribution in [-0.2, 0) is 4.79 Å². The maximum absolute atomic E-state index is 12.2. The Labute approximate surface area is 148 Å². The normalized spacial score (nSPS) is 10.4. The number of hydrogen-bond donors (Lipinski definition) is 2. The van der Waals surface area contributed by atoms with Gasteiger partial charge in [-0.05, 0) is 23.6 Å². The van der Waals surface area contributed by atoms with Gasteiger partial charge >= 0.3 is 0 Å². The van der Waals surface area contributed by atoms with Gasteiger partial charge in [-0.3, -0.25) is 14.9 Å². The molecule has 2 N–H and O–H groups in total. The molecule has 0 atom stereocenters. The molecule has 0 bridgehead atoms. The number of anilines is 2. The molecule has 0 saturated heterocycles. The average molecular weight is 356 g/mol. The van der Waals surface area contributed by atoms with Crippen LogP contribution in [-0.4, -0.2) is 17.4 Å². The van der Waals surface area contributed by atoms with Gasteiger partial charge in [0, 0.05) is 22.8 Å². The van der Waals surface area contributed by atoms with Crippen LogP contribution in [0.2, 0.25) is 5.02 Å². The van der Waals surface area contributed by atoms with Crippen molar-refractivity contribution >= 4 is 45.3 Å². The molecule has 126 valence electrons. The van der Waals surface area contributed by atoms with Crippen LogP contribution in [0.25, 0.3) is 10.8 Å². The predicted octanol–water partition coefficient (Wildman–Crippen LogP) is 4.45. The smallest absolute Gasteiger partial charge is 0.289 e. The highest BCUT2D eigenvalue weighted by Gasteiger charge is 2.13. The lowest BCUT2D eigenvalue weighted by Gasteiger charge is -2.10. The molecule has 25 heavy (non-hydrogen) atoms. The molecule has 0 heterocycles. The number of carbonyl (C=O) groups excluding carboxylic acids is 1. The Balaban J connectivity index is 1.69. The summed E-state index contributed by atoms with van der Waals surface area (Å²) in [5.74, 6) is -0.256. The third kappa shape index (κ3) is 3.87. The van der Waals surface area contributed by atoms with Crippen LogP contribution in [0.5, 0.6) is 0 Å². The van der Waals surface area contributed by atoms with Crippen LogP contribution in [0.3, 0.4) is 0 Å². The van der Waals surface area contributed by atoms with E-state index in [1.54, 1.807) is 6.07 Å². The van der Waals surface area contributed by atoms with Crippen LogP contribution in [0.1, 0.15) is 0 Å². The Bertz CT molecular complexity index is 954. The molecule has 0 fully saturated rings. The van der Waals surface area contributed by atoms with Crippen molar-refractivity contribution in [3.63, 3.8) is 0 Å². The number of carbonyl (C=O) groups is 1. The molecule has 0 saturated carbocycles. The minimum atomic E-state index is -0.566. The number of benzene rings is 3. The van der Waals surface area contributed by atoms with Crippen molar-refractivity contribution in [2.45, 2.75) is 0 Å². The molecule has 0 aliphatic carbocycles. The summed E-state index contributed by atoms with van der Waals surface area (Å²) in [6, 6.07) is 17.7. The average Bonchev–Trinajstić information content (AvgIpc) is 2.61. The molecule has 0 unspecified atom stereocenters. The van der Waals surface area contributed by atoms with Gasteiger partial charge in [0.05, 0.1) is 11.5 Å². The van der Waals surface area contributed by atoms with Gasteiger partial charge in [-0.25, -0.2) is 0 Å². The van der Waals surface area contributed by atoms with Crippen LogP contribution in [0.4, 0.5) is 17.1 Å². The first-order valence-electron chi connectivity index (χ1n) is 7.50. The summed E-state index contributed by atoms with van der Waals surface area (Å²) in [7, 11) is 0. The van der Waals surface area contributed by atoms with Crippen molar-refractivity contribution in [2.75, 3.05) is 17.2 Å². The number of amides is 1. The molecule has 0 aromatic heterocycles. The van der Waals surface area contributed by atoms with Crippen molar-refractivity contribution < 1.29 is 9.72 Å². The SMILES string of the molecule is O=C(CNc1ccc(Cl)c([N+](=O)[O-])c1)Nc1cccc2ccccc12. The van der Waals surface area contributed by atoms with Gasteiger partial charge in [-0.1, -0.05) is 48.0 Å². The van der Waals surface area contributed by atoms with Crippen LogP contribution < -0.4 is 10.6 Å². The summed E-state index contributed by atoms with van der Waals surface area (Å²) >= 11 is 5.77. The third-order valence-electron chi connectivity index (χ3n) is 3.66. The highest BCUT2D eigenvalue weighted by molar-refractivity contribution is 6.32. The zero-order chi connectivity index (χ0) is 17.8. The molecular weight excluding hydrogens is 342 g/mol. The number of nitro groups is 1. The van der Waals surface area contributed by atoms with Gasteiger partial charge < -0.3 is 10.6 Å². The van der Waals surface area contributed by atoms with Crippen molar-refractivity contribution in [2.24, 2.45) is 0 Å². The molecule has 3 aromatic rings. The van der Waals surface area contributed by atoms with Crippen molar-refractivity contribution in [1.82, 2.24) is 0 Å². The molecule has 0 aliphatic rings. The Morgan fingerprint density at radius 3 is 2.64 bits per heavy atom. The van der Waals surface area contributed by atoms with E-state index in [1.807, 2.05) is 42.5 Å². The van der Waals surface area contributed by atoms with Crippen LogP contribution in [0.15, 0.2) is 60.7 Å². The first-order valence-corrected chi connectivity index (χ1v) is 7.88. The van der Waals surface area contributed by atoms with Gasteiger partial charge in [0.15, 0.2) is 0 Å². The number of nitro benzene ring substituents is 1. The summed E-state index contributed by atoms with van der Waals surface area (Å²) in [5.41, 5.74) is 0.956. The molecule has 0 aliphatic heterocycles. The van der Waals surface area contributed by atoms with Gasteiger partial charge in [0.1, 0.15) is 5.02 Å². The molecule has 3 rings (SSSR count). The maximum atomic E-state index is 12.2. The lowest BCUT2D eigenvalue weighted by atomic mass is 10.1. The summed E-state index contributed by atoms with van der Waals surface area (Å²) in [5, 5.41) is 18.6. The minimum Gasteiger partial charge on any atom is -0.376 e. The second-order valence-electron chi connectivity index (χ2n) is 5.35. The molecule has 7 heteroatoms. The Morgan fingerprint density at radius 1 is 1.08 bits per heavy atom. The first kappa shape index (κ1) is 16.7. The lowest BCUT2D eigenvalue weighted by molar-refractivity contribution is -0.384. The largest absolute Gasteiger partial charge is 0.376 e. The van der Waals surface area contributed by atoms with Gasteiger partial charge in [0.25, 0.3) is 5.69 Å². The van der Waals surface area contributed by atoms with E-state index < -0.39 is 4.92 Å². The van der Waals surface area contributed by atoms with E-state index in [1.165, 1.54) is 12.1 Å². The fourth-order valence-corrected chi connectivity index (χ4v) is 2.66. The number of fused-ring (bicyclic) bond motifs is 1. The van der Waals surface area contributed by atoms with Crippen molar-refractivity contribution in [3.05, 3.63) is 75.8 Å². The van der Waals surface area contributed by atoms with Gasteiger partial charge in [0.2, 0.25) is 5.91 Å². The second-order valence-corrected chi connectivity index (χ2v) is 5.76. The Morgan fingerprint density at radius 2 is 1.84 bits per heavy atom. The maximum Gasteiger partial charge on any atom is 0.289 e. The fourth-order valence-electron chi connectivity index (χ4n) is 2.47. The van der Waals surface area contributed by atoms with Crippen LogP contribution >= 0.6 is 11.6 Å². The van der Waals surface area contributed by atoms with E-state index in [0.717, 1.165) is 10.8 Å². The van der Waals surface area contributed by atoms with E-state index in [0.29, 0.717) is 11.4 Å². The predicted molar refractivity (Wildman–Crippen MR) is 99.2 cm³/mol. The highest BCUT2D eigenvalue weighted by Crippen LogP contribution is 2.27. The summed E-state index contributed by atoms with van der Waals surface area (Å²) in [4.78, 5) is 22.5. The summed E-state index contributed by atoms with van der Waals surface area (Å²) < 4.78 is 0. The topological polar surface area (TPSA) is 84.3 Å². The number of hydrogen-bond acceptors (Lipinski definition) is 4. The molecule has 3 aromatic carbocycles. The second kappa shape index (κ2) is 7.19. The molecular formula is C18H14ClN3O3. The standard InChI is InChI=1S/C18H14ClN3O3/c19-15-9-8-13(10-17(15)22(24)25)20-11-18(23)21-16-7-3-5-12-4-1-2-6-14(12)16/h1-10,20H,11H2,(H,21,23). The summed E-state index contributed by atoms with van der Waals surface area (Å²) in [6.45, 7) is -0.0258. The zero-order valence-electron chi connectivity index (χ0n) is 13.0. The Kier molecular flexibility index (Phi) is 4.81.